The highest BCUT2D eigenvalue weighted by atomic mass is 19.1. The highest BCUT2D eigenvalue weighted by molar-refractivity contribution is 5.63. The predicted molar refractivity (Wildman–Crippen MR) is 67.8 cm³/mol. The van der Waals surface area contributed by atoms with Crippen molar-refractivity contribution >= 4 is 0 Å². The van der Waals surface area contributed by atoms with Crippen LogP contribution in [0, 0.1) is 12.7 Å². The number of nitrogens with zero attached hydrogens (tertiary/aromatic N) is 2. The van der Waals surface area contributed by atoms with Crippen molar-refractivity contribution in [1.82, 2.24) is 9.55 Å². The third-order valence-corrected chi connectivity index (χ3v) is 3.06. The third-order valence-electron chi connectivity index (χ3n) is 3.06. The maximum atomic E-state index is 13.7. The fourth-order valence-electron chi connectivity index (χ4n) is 1.93. The molecule has 5 heteroatoms. The lowest BCUT2D eigenvalue weighted by Gasteiger charge is -2.06. The number of hydrogen-bond acceptors (Lipinski definition) is 3. The number of halogens is 1. The zero-order valence-corrected chi connectivity index (χ0v) is 10.7. The van der Waals surface area contributed by atoms with E-state index < -0.39 is 5.82 Å². The summed E-state index contributed by atoms with van der Waals surface area (Å²) in [5, 5.41) is 0. The smallest absolute Gasteiger partial charge is 0.165 e. The molecular formula is C13H16FN3O. The first-order valence-electron chi connectivity index (χ1n) is 5.64. The van der Waals surface area contributed by atoms with Crippen LogP contribution in [0.2, 0.25) is 0 Å². The SMILES string of the molecule is COc1ccc(-c2nc(C)n(C)c2CN)cc1F. The quantitative estimate of drug-likeness (QED) is 0.905. The van der Waals surface area contributed by atoms with Crippen LogP contribution in [0.1, 0.15) is 11.5 Å². The molecule has 18 heavy (non-hydrogen) atoms. The van der Waals surface area contributed by atoms with Crippen molar-refractivity contribution in [2.24, 2.45) is 12.8 Å². The van der Waals surface area contributed by atoms with Crippen LogP contribution < -0.4 is 10.5 Å². The molecule has 1 aromatic heterocycles. The molecule has 96 valence electrons. The molecule has 0 atom stereocenters. The second kappa shape index (κ2) is 4.78. The normalized spacial score (nSPS) is 10.7. The van der Waals surface area contributed by atoms with Gasteiger partial charge in [0.25, 0.3) is 0 Å². The van der Waals surface area contributed by atoms with Crippen molar-refractivity contribution in [3.05, 3.63) is 35.5 Å². The Bertz CT molecular complexity index is 578. The van der Waals surface area contributed by atoms with Gasteiger partial charge < -0.3 is 15.0 Å². The molecule has 2 N–H and O–H groups in total. The average molecular weight is 249 g/mol. The van der Waals surface area contributed by atoms with Gasteiger partial charge in [0, 0.05) is 19.2 Å². The van der Waals surface area contributed by atoms with E-state index >= 15 is 0 Å². The molecular weight excluding hydrogens is 233 g/mol. The first-order valence-corrected chi connectivity index (χ1v) is 5.64. The highest BCUT2D eigenvalue weighted by Crippen LogP contribution is 2.27. The number of nitrogens with two attached hydrogens (primary N) is 1. The molecule has 0 amide bonds. The molecule has 0 aliphatic heterocycles. The number of hydrogen-bond donors (Lipinski definition) is 1. The van der Waals surface area contributed by atoms with Gasteiger partial charge in [0.05, 0.1) is 18.5 Å². The van der Waals surface area contributed by atoms with Crippen LogP contribution in [0.25, 0.3) is 11.3 Å². The average Bonchev–Trinajstić information content (AvgIpc) is 2.65. The zero-order chi connectivity index (χ0) is 13.3. The van der Waals surface area contributed by atoms with Crippen molar-refractivity contribution in [2.45, 2.75) is 13.5 Å². The van der Waals surface area contributed by atoms with Crippen molar-refractivity contribution < 1.29 is 9.13 Å². The van der Waals surface area contributed by atoms with Crippen molar-refractivity contribution in [1.29, 1.82) is 0 Å². The molecule has 0 unspecified atom stereocenters. The summed E-state index contributed by atoms with van der Waals surface area (Å²) in [4.78, 5) is 4.42. The van der Waals surface area contributed by atoms with E-state index in [1.807, 2.05) is 18.5 Å². The summed E-state index contributed by atoms with van der Waals surface area (Å²) in [5.41, 5.74) is 8.03. The van der Waals surface area contributed by atoms with Gasteiger partial charge in [0.1, 0.15) is 5.82 Å². The van der Waals surface area contributed by atoms with Crippen LogP contribution in [-0.4, -0.2) is 16.7 Å². The van der Waals surface area contributed by atoms with Gasteiger partial charge in [0.2, 0.25) is 0 Å². The maximum Gasteiger partial charge on any atom is 0.165 e. The first-order chi connectivity index (χ1) is 8.58. The van der Waals surface area contributed by atoms with E-state index in [1.54, 1.807) is 12.1 Å². The highest BCUT2D eigenvalue weighted by Gasteiger charge is 2.14. The van der Waals surface area contributed by atoms with Crippen molar-refractivity contribution in [2.75, 3.05) is 7.11 Å². The Morgan fingerprint density at radius 2 is 2.17 bits per heavy atom. The Balaban J connectivity index is 2.55. The van der Waals surface area contributed by atoms with Crippen LogP contribution >= 0.6 is 0 Å². The molecule has 2 aromatic rings. The standard InChI is InChI=1S/C13H16FN3O/c1-8-16-13(11(7-15)17(8)2)9-4-5-12(18-3)10(14)6-9/h4-6H,7,15H2,1-3H3. The van der Waals surface area contributed by atoms with E-state index in [2.05, 4.69) is 4.98 Å². The summed E-state index contributed by atoms with van der Waals surface area (Å²) < 4.78 is 20.5. The molecule has 0 bridgehead atoms. The largest absolute Gasteiger partial charge is 0.494 e. The fourth-order valence-corrected chi connectivity index (χ4v) is 1.93. The van der Waals surface area contributed by atoms with Crippen LogP contribution in [0.3, 0.4) is 0 Å². The van der Waals surface area contributed by atoms with Crippen molar-refractivity contribution in [3.8, 4) is 17.0 Å². The molecule has 1 heterocycles. The number of aromatic nitrogens is 2. The van der Waals surface area contributed by atoms with Crippen LogP contribution in [-0.2, 0) is 13.6 Å². The second-order valence-electron chi connectivity index (χ2n) is 4.07. The zero-order valence-electron chi connectivity index (χ0n) is 10.7. The first kappa shape index (κ1) is 12.6. The number of imidazole rings is 1. The van der Waals surface area contributed by atoms with E-state index in [1.165, 1.54) is 13.2 Å². The van der Waals surface area contributed by atoms with E-state index in [4.69, 9.17) is 10.5 Å². The Morgan fingerprint density at radius 3 is 2.72 bits per heavy atom. The molecule has 2 rings (SSSR count). The molecule has 0 saturated carbocycles. The molecule has 0 aliphatic rings. The molecule has 1 aromatic carbocycles. The van der Waals surface area contributed by atoms with E-state index in [0.29, 0.717) is 12.1 Å². The molecule has 0 radical (unpaired) electrons. The van der Waals surface area contributed by atoms with Crippen molar-refractivity contribution in [3.63, 3.8) is 0 Å². The molecule has 4 nitrogen and oxygen atoms in total. The van der Waals surface area contributed by atoms with Gasteiger partial charge in [-0.1, -0.05) is 0 Å². The van der Waals surface area contributed by atoms with Crippen LogP contribution in [0.4, 0.5) is 4.39 Å². The summed E-state index contributed by atoms with van der Waals surface area (Å²) in [7, 11) is 3.34. The van der Waals surface area contributed by atoms with Gasteiger partial charge in [0.15, 0.2) is 11.6 Å². The Hall–Kier alpha value is -1.88. The lowest BCUT2D eigenvalue weighted by Crippen LogP contribution is -2.05. The minimum Gasteiger partial charge on any atom is -0.494 e. The summed E-state index contributed by atoms with van der Waals surface area (Å²) in [5.74, 6) is 0.670. The topological polar surface area (TPSA) is 53.1 Å². The third kappa shape index (κ3) is 1.97. The van der Waals surface area contributed by atoms with Crippen LogP contribution in [0.15, 0.2) is 18.2 Å². The Kier molecular flexibility index (Phi) is 3.34. The number of methoxy groups -OCH3 is 1. The number of ether oxygens (including phenoxy) is 1. The lowest BCUT2D eigenvalue weighted by molar-refractivity contribution is 0.386. The summed E-state index contributed by atoms with van der Waals surface area (Å²) in [6.07, 6.45) is 0. The Labute approximate surface area is 105 Å². The van der Waals surface area contributed by atoms with E-state index in [9.17, 15) is 4.39 Å². The van der Waals surface area contributed by atoms with Gasteiger partial charge in [-0.25, -0.2) is 9.37 Å². The van der Waals surface area contributed by atoms with Gasteiger partial charge in [-0.3, -0.25) is 0 Å². The molecule has 0 fully saturated rings. The maximum absolute atomic E-state index is 13.7. The second-order valence-corrected chi connectivity index (χ2v) is 4.07. The van der Waals surface area contributed by atoms with Gasteiger partial charge >= 0.3 is 0 Å². The van der Waals surface area contributed by atoms with Gasteiger partial charge in [-0.05, 0) is 25.1 Å². The van der Waals surface area contributed by atoms with Gasteiger partial charge in [-0.2, -0.15) is 0 Å². The van der Waals surface area contributed by atoms with E-state index in [0.717, 1.165) is 17.2 Å². The number of aryl methyl sites for hydroxylation is 1. The fraction of sp³-hybridized carbons (Fsp3) is 0.308. The molecule has 0 spiro atoms. The minimum atomic E-state index is -0.402. The van der Waals surface area contributed by atoms with Gasteiger partial charge in [-0.15, -0.1) is 0 Å². The molecule has 0 saturated heterocycles. The van der Waals surface area contributed by atoms with E-state index in [-0.39, 0.29) is 5.75 Å². The monoisotopic (exact) mass is 249 g/mol. The summed E-state index contributed by atoms with van der Waals surface area (Å²) in [6, 6.07) is 4.79. The number of rotatable bonds is 3. The minimum absolute atomic E-state index is 0.223. The van der Waals surface area contributed by atoms with Crippen LogP contribution in [0.5, 0.6) is 5.75 Å². The number of benzene rings is 1. The Morgan fingerprint density at radius 1 is 1.44 bits per heavy atom. The lowest BCUT2D eigenvalue weighted by atomic mass is 10.1. The predicted octanol–water partition coefficient (Wildman–Crippen LogP) is 2.00. The molecule has 0 aliphatic carbocycles. The summed E-state index contributed by atoms with van der Waals surface area (Å²) >= 11 is 0. The summed E-state index contributed by atoms with van der Waals surface area (Å²) in [6.45, 7) is 2.25.